The largest absolute Gasteiger partial charge is 0.478 e. The number of amides is 1. The number of nitrogens with zero attached hydrogens (tertiary/aromatic N) is 3. The molecule has 1 saturated carbocycles. The Morgan fingerprint density at radius 1 is 1.35 bits per heavy atom. The van der Waals surface area contributed by atoms with Gasteiger partial charge < -0.3 is 15.3 Å². The standard InChI is InChI=1S/C18H20N4O3.ClH/c1-21(16(23)14-10-20-22-8-7-19-11-15(14)22)18(5-6-18)13-4-2-3-12(9-13)17(24)25;/h2-4,9-10,19H,5-8,11H2,1H3,(H,24,25);1H. The van der Waals surface area contributed by atoms with E-state index in [1.807, 2.05) is 10.7 Å². The molecular weight excluding hydrogens is 356 g/mol. The van der Waals surface area contributed by atoms with E-state index in [0.29, 0.717) is 12.1 Å². The predicted octanol–water partition coefficient (Wildman–Crippen LogP) is 1.87. The normalized spacial score (nSPS) is 17.0. The molecule has 1 aliphatic heterocycles. The summed E-state index contributed by atoms with van der Waals surface area (Å²) >= 11 is 0. The summed E-state index contributed by atoms with van der Waals surface area (Å²) in [5, 5.41) is 16.8. The molecule has 1 amide bonds. The number of benzene rings is 1. The first-order valence-corrected chi connectivity index (χ1v) is 8.40. The quantitative estimate of drug-likeness (QED) is 0.850. The van der Waals surface area contributed by atoms with Gasteiger partial charge >= 0.3 is 5.97 Å². The highest BCUT2D eigenvalue weighted by Crippen LogP contribution is 2.51. The maximum absolute atomic E-state index is 13.1. The fourth-order valence-corrected chi connectivity index (χ4v) is 3.61. The van der Waals surface area contributed by atoms with Crippen LogP contribution in [0.15, 0.2) is 30.5 Å². The Hall–Kier alpha value is -2.38. The van der Waals surface area contributed by atoms with Crippen molar-refractivity contribution in [3.8, 4) is 0 Å². The molecule has 0 unspecified atom stereocenters. The van der Waals surface area contributed by atoms with Crippen LogP contribution in [0.3, 0.4) is 0 Å². The van der Waals surface area contributed by atoms with Gasteiger partial charge in [-0.3, -0.25) is 9.48 Å². The van der Waals surface area contributed by atoms with Crippen molar-refractivity contribution >= 4 is 24.3 Å². The minimum atomic E-state index is -0.955. The van der Waals surface area contributed by atoms with Crippen molar-refractivity contribution in [2.75, 3.05) is 13.6 Å². The zero-order valence-electron chi connectivity index (χ0n) is 14.4. The van der Waals surface area contributed by atoms with Crippen molar-refractivity contribution in [2.24, 2.45) is 0 Å². The van der Waals surface area contributed by atoms with Gasteiger partial charge in [-0.15, -0.1) is 12.4 Å². The molecule has 0 saturated heterocycles. The van der Waals surface area contributed by atoms with Crippen molar-refractivity contribution < 1.29 is 14.7 Å². The topological polar surface area (TPSA) is 87.5 Å². The summed E-state index contributed by atoms with van der Waals surface area (Å²) < 4.78 is 1.88. The molecule has 2 heterocycles. The van der Waals surface area contributed by atoms with Crippen LogP contribution in [0.25, 0.3) is 0 Å². The number of nitrogens with one attached hydrogen (secondary N) is 1. The second kappa shape index (κ2) is 6.74. The van der Waals surface area contributed by atoms with Crippen LogP contribution < -0.4 is 5.32 Å². The average Bonchev–Trinajstić information content (AvgIpc) is 3.34. The molecule has 0 bridgehead atoms. The summed E-state index contributed by atoms with van der Waals surface area (Å²) in [6.45, 7) is 2.25. The second-order valence-electron chi connectivity index (χ2n) is 6.69. The van der Waals surface area contributed by atoms with E-state index in [1.165, 1.54) is 0 Å². The molecule has 8 heteroatoms. The molecular formula is C18H21ClN4O3. The number of fused-ring (bicyclic) bond motifs is 1. The molecule has 2 aliphatic rings. The maximum Gasteiger partial charge on any atom is 0.335 e. The van der Waals surface area contributed by atoms with Crippen LogP contribution in [0.5, 0.6) is 0 Å². The molecule has 1 aromatic carbocycles. The van der Waals surface area contributed by atoms with E-state index in [2.05, 4.69) is 10.4 Å². The van der Waals surface area contributed by atoms with E-state index >= 15 is 0 Å². The molecule has 1 aliphatic carbocycles. The summed E-state index contributed by atoms with van der Waals surface area (Å²) in [7, 11) is 1.79. The monoisotopic (exact) mass is 376 g/mol. The van der Waals surface area contributed by atoms with Gasteiger partial charge in [0.25, 0.3) is 5.91 Å². The fourth-order valence-electron chi connectivity index (χ4n) is 3.61. The first-order chi connectivity index (χ1) is 12.0. The number of rotatable bonds is 4. The first-order valence-electron chi connectivity index (χ1n) is 8.40. The number of carboxylic acid groups (broad SMARTS) is 1. The zero-order chi connectivity index (χ0) is 17.6. The van der Waals surface area contributed by atoms with Gasteiger partial charge in [0.15, 0.2) is 0 Å². The smallest absolute Gasteiger partial charge is 0.335 e. The highest BCUT2D eigenvalue weighted by molar-refractivity contribution is 5.96. The van der Waals surface area contributed by atoms with Gasteiger partial charge in [0.2, 0.25) is 0 Å². The van der Waals surface area contributed by atoms with Gasteiger partial charge in [-0.1, -0.05) is 12.1 Å². The van der Waals surface area contributed by atoms with Crippen LogP contribution in [-0.4, -0.2) is 45.3 Å². The van der Waals surface area contributed by atoms with Crippen molar-refractivity contribution in [1.82, 2.24) is 20.0 Å². The molecule has 0 radical (unpaired) electrons. The average molecular weight is 377 g/mol. The van der Waals surface area contributed by atoms with Crippen molar-refractivity contribution in [3.05, 3.63) is 52.8 Å². The maximum atomic E-state index is 13.1. The molecule has 0 atom stereocenters. The Balaban J connectivity index is 0.00000196. The van der Waals surface area contributed by atoms with Gasteiger partial charge in [0, 0.05) is 20.1 Å². The molecule has 26 heavy (non-hydrogen) atoms. The first kappa shape index (κ1) is 18.4. The molecule has 4 rings (SSSR count). The number of hydrogen-bond acceptors (Lipinski definition) is 4. The third-order valence-corrected chi connectivity index (χ3v) is 5.29. The Morgan fingerprint density at radius 3 is 2.81 bits per heavy atom. The number of carbonyl (C=O) groups is 2. The van der Waals surface area contributed by atoms with Crippen LogP contribution in [0, 0.1) is 0 Å². The number of hydrogen-bond donors (Lipinski definition) is 2. The minimum absolute atomic E-state index is 0. The lowest BCUT2D eigenvalue weighted by Crippen LogP contribution is -2.38. The highest BCUT2D eigenvalue weighted by atomic mass is 35.5. The summed E-state index contributed by atoms with van der Waals surface area (Å²) in [6.07, 6.45) is 3.31. The molecule has 138 valence electrons. The Labute approximate surface area is 157 Å². The summed E-state index contributed by atoms with van der Waals surface area (Å²) in [4.78, 5) is 26.1. The Bertz CT molecular complexity index is 860. The lowest BCUT2D eigenvalue weighted by Gasteiger charge is -2.29. The van der Waals surface area contributed by atoms with Crippen molar-refractivity contribution in [3.63, 3.8) is 0 Å². The van der Waals surface area contributed by atoms with Gasteiger partial charge in [-0.2, -0.15) is 5.10 Å². The van der Waals surface area contributed by atoms with Gasteiger partial charge in [0.05, 0.1) is 35.1 Å². The van der Waals surface area contributed by atoms with Gasteiger partial charge in [0.1, 0.15) is 0 Å². The number of carbonyl (C=O) groups excluding carboxylic acids is 1. The minimum Gasteiger partial charge on any atom is -0.478 e. The number of aromatic nitrogens is 2. The van der Waals surface area contributed by atoms with E-state index in [1.54, 1.807) is 36.3 Å². The fraction of sp³-hybridized carbons (Fsp3) is 0.389. The number of carboxylic acids is 1. The molecule has 0 spiro atoms. The third kappa shape index (κ3) is 2.87. The molecule has 1 aromatic heterocycles. The van der Waals surface area contributed by atoms with E-state index in [-0.39, 0.29) is 23.9 Å². The summed E-state index contributed by atoms with van der Waals surface area (Å²) in [5.74, 6) is -1.02. The molecule has 1 fully saturated rings. The van der Waals surface area contributed by atoms with E-state index < -0.39 is 11.5 Å². The highest BCUT2D eigenvalue weighted by Gasteiger charge is 2.50. The summed E-state index contributed by atoms with van der Waals surface area (Å²) in [5.41, 5.74) is 2.24. The van der Waals surface area contributed by atoms with Crippen molar-refractivity contribution in [1.29, 1.82) is 0 Å². The van der Waals surface area contributed by atoms with Crippen molar-refractivity contribution in [2.45, 2.75) is 31.5 Å². The van der Waals surface area contributed by atoms with Crippen LogP contribution in [0.4, 0.5) is 0 Å². The zero-order valence-corrected chi connectivity index (χ0v) is 15.3. The van der Waals surface area contributed by atoms with E-state index in [4.69, 9.17) is 0 Å². The van der Waals surface area contributed by atoms with Gasteiger partial charge in [-0.25, -0.2) is 4.79 Å². The number of aromatic carboxylic acids is 1. The predicted molar refractivity (Wildman–Crippen MR) is 97.6 cm³/mol. The molecule has 7 nitrogen and oxygen atoms in total. The SMILES string of the molecule is CN(C(=O)c1cnn2c1CNCC2)C1(c2cccc(C(=O)O)c2)CC1.Cl. The molecule has 2 N–H and O–H groups in total. The third-order valence-electron chi connectivity index (χ3n) is 5.29. The lowest BCUT2D eigenvalue weighted by atomic mass is 10.00. The Morgan fingerprint density at radius 2 is 2.12 bits per heavy atom. The van der Waals surface area contributed by atoms with E-state index in [9.17, 15) is 14.7 Å². The number of halogens is 1. The van der Waals surface area contributed by atoms with Crippen LogP contribution in [-0.2, 0) is 18.6 Å². The molecule has 2 aromatic rings. The lowest BCUT2D eigenvalue weighted by molar-refractivity contribution is 0.0696. The van der Waals surface area contributed by atoms with Gasteiger partial charge in [-0.05, 0) is 30.5 Å². The second-order valence-corrected chi connectivity index (χ2v) is 6.69. The van der Waals surface area contributed by atoms with Crippen LogP contribution >= 0.6 is 12.4 Å². The van der Waals surface area contributed by atoms with Crippen LogP contribution in [0.2, 0.25) is 0 Å². The van der Waals surface area contributed by atoms with E-state index in [0.717, 1.165) is 37.2 Å². The summed E-state index contributed by atoms with van der Waals surface area (Å²) in [6, 6.07) is 6.89. The van der Waals surface area contributed by atoms with Crippen LogP contribution in [0.1, 0.15) is 44.8 Å². The Kier molecular flexibility index (Phi) is 4.77.